The molecule has 0 rings (SSSR count). The Bertz CT molecular complexity index is 1100. The van der Waals surface area contributed by atoms with Crippen molar-refractivity contribution < 1.29 is 37.6 Å². The second-order valence-electron chi connectivity index (χ2n) is 16.2. The summed E-state index contributed by atoms with van der Waals surface area (Å²) in [5.74, 6) is -0.811. The summed E-state index contributed by atoms with van der Waals surface area (Å²) in [6.45, 7) is 3.79. The van der Waals surface area contributed by atoms with Gasteiger partial charge >= 0.3 is 19.8 Å². The second kappa shape index (κ2) is 45.5. The third kappa shape index (κ3) is 45.4. The molecular formula is C50H91O8P. The van der Waals surface area contributed by atoms with E-state index in [4.69, 9.17) is 14.0 Å². The van der Waals surface area contributed by atoms with Gasteiger partial charge in [-0.3, -0.25) is 18.6 Å². The van der Waals surface area contributed by atoms with Crippen molar-refractivity contribution in [1.82, 2.24) is 0 Å². The van der Waals surface area contributed by atoms with Gasteiger partial charge in [0.05, 0.1) is 6.61 Å². The minimum Gasteiger partial charge on any atom is -0.462 e. The number of ether oxygens (including phenoxy) is 2. The lowest BCUT2D eigenvalue weighted by atomic mass is 10.0. The fourth-order valence-corrected chi connectivity index (χ4v) is 7.31. The van der Waals surface area contributed by atoms with Crippen LogP contribution >= 0.6 is 7.82 Å². The molecule has 0 fully saturated rings. The first kappa shape index (κ1) is 57.0. The average Bonchev–Trinajstić information content (AvgIpc) is 3.23. The summed E-state index contributed by atoms with van der Waals surface area (Å²) in [6.07, 6.45) is 56.0. The molecule has 0 bridgehead atoms. The molecule has 9 heteroatoms. The molecular weight excluding hydrogens is 760 g/mol. The SMILES string of the molecule is CC/C=C\C/C=C\C/C=C\CCCCCCCCCC(=O)OC(COC(=O)CCCCCCCCCCCCC/C=C\CCCCCCCCCC)COP(=O)(O)OC. The number of allylic oxidation sites excluding steroid dienone is 8. The number of phosphoric ester groups is 1. The van der Waals surface area contributed by atoms with Gasteiger partial charge in [0.1, 0.15) is 6.61 Å². The highest BCUT2D eigenvalue weighted by molar-refractivity contribution is 7.47. The molecule has 0 saturated heterocycles. The van der Waals surface area contributed by atoms with E-state index in [1.807, 2.05) is 0 Å². The third-order valence-electron chi connectivity index (χ3n) is 10.6. The standard InChI is InChI=1S/C50H91O8P/c1-4-6-8-10-12-14-16-18-20-22-23-24-25-26-27-29-30-32-34-36-38-40-42-44-49(51)56-46-48(47-57-59(53,54)55-3)58-50(52)45-43-41-39-37-35-33-31-28-21-19-17-15-13-11-9-7-5-2/h7,9,13,15,19,21-23,48H,4-6,8,10-12,14,16-18,20,24-47H2,1-3H3,(H,53,54)/b9-7-,15-13-,21-19-,23-22-. The predicted octanol–water partition coefficient (Wildman–Crippen LogP) is 15.7. The van der Waals surface area contributed by atoms with E-state index in [-0.39, 0.29) is 25.4 Å². The molecule has 0 radical (unpaired) electrons. The van der Waals surface area contributed by atoms with Crippen molar-refractivity contribution in [3.63, 3.8) is 0 Å². The number of carbonyl (C=O) groups excluding carboxylic acids is 2. The van der Waals surface area contributed by atoms with Gasteiger partial charge in [-0.05, 0) is 70.6 Å². The lowest BCUT2D eigenvalue weighted by molar-refractivity contribution is -0.161. The fraction of sp³-hybridized carbons (Fsp3) is 0.800. The molecule has 0 aromatic heterocycles. The van der Waals surface area contributed by atoms with E-state index in [1.54, 1.807) is 0 Å². The third-order valence-corrected chi connectivity index (χ3v) is 11.5. The molecule has 0 spiro atoms. The van der Waals surface area contributed by atoms with Crippen molar-refractivity contribution >= 4 is 19.8 Å². The summed E-state index contributed by atoms with van der Waals surface area (Å²) in [5.41, 5.74) is 0. The van der Waals surface area contributed by atoms with E-state index in [0.717, 1.165) is 71.3 Å². The smallest absolute Gasteiger partial charge is 0.462 e. The van der Waals surface area contributed by atoms with E-state index in [9.17, 15) is 19.0 Å². The van der Waals surface area contributed by atoms with Crippen molar-refractivity contribution in [2.24, 2.45) is 0 Å². The molecule has 0 amide bonds. The molecule has 0 heterocycles. The average molecular weight is 851 g/mol. The van der Waals surface area contributed by atoms with Crippen LogP contribution in [0.3, 0.4) is 0 Å². The summed E-state index contributed by atoms with van der Waals surface area (Å²) < 4.78 is 32.1. The minimum absolute atomic E-state index is 0.229. The first-order chi connectivity index (χ1) is 28.8. The largest absolute Gasteiger partial charge is 0.472 e. The van der Waals surface area contributed by atoms with Crippen LogP contribution in [0.5, 0.6) is 0 Å². The van der Waals surface area contributed by atoms with Crippen LogP contribution in [-0.2, 0) is 32.7 Å². The van der Waals surface area contributed by atoms with Gasteiger partial charge in [-0.2, -0.15) is 0 Å². The number of phosphoric acid groups is 1. The molecule has 1 N–H and O–H groups in total. The maximum atomic E-state index is 12.5. The van der Waals surface area contributed by atoms with Crippen LogP contribution < -0.4 is 0 Å². The molecule has 2 unspecified atom stereocenters. The lowest BCUT2D eigenvalue weighted by Crippen LogP contribution is -2.29. The van der Waals surface area contributed by atoms with Crippen LogP contribution in [-0.4, -0.2) is 43.3 Å². The summed E-state index contributed by atoms with van der Waals surface area (Å²) in [7, 11) is -3.21. The molecule has 0 aliphatic rings. The van der Waals surface area contributed by atoms with Gasteiger partial charge in [0.25, 0.3) is 0 Å². The maximum absolute atomic E-state index is 12.5. The molecule has 344 valence electrons. The lowest BCUT2D eigenvalue weighted by Gasteiger charge is -2.19. The van der Waals surface area contributed by atoms with E-state index in [1.165, 1.54) is 135 Å². The Labute approximate surface area is 363 Å². The fourth-order valence-electron chi connectivity index (χ4n) is 6.85. The predicted molar refractivity (Wildman–Crippen MR) is 249 cm³/mol. The number of rotatable bonds is 45. The molecule has 59 heavy (non-hydrogen) atoms. The quantitative estimate of drug-likeness (QED) is 0.0279. The highest BCUT2D eigenvalue weighted by Crippen LogP contribution is 2.42. The summed E-state index contributed by atoms with van der Waals surface area (Å²) in [4.78, 5) is 34.6. The Balaban J connectivity index is 3.91. The van der Waals surface area contributed by atoms with Crippen LogP contribution in [0, 0.1) is 0 Å². The van der Waals surface area contributed by atoms with Gasteiger partial charge in [0.2, 0.25) is 0 Å². The van der Waals surface area contributed by atoms with Crippen LogP contribution in [0.2, 0.25) is 0 Å². The first-order valence-electron chi connectivity index (χ1n) is 24.3. The maximum Gasteiger partial charge on any atom is 0.472 e. The number of esters is 2. The van der Waals surface area contributed by atoms with Crippen molar-refractivity contribution in [3.05, 3.63) is 48.6 Å². The van der Waals surface area contributed by atoms with Crippen molar-refractivity contribution in [1.29, 1.82) is 0 Å². The molecule has 0 aliphatic carbocycles. The Morgan fingerprint density at radius 2 is 0.864 bits per heavy atom. The number of unbranched alkanes of at least 4 members (excludes halogenated alkanes) is 26. The Kier molecular flexibility index (Phi) is 44.0. The highest BCUT2D eigenvalue weighted by Gasteiger charge is 2.24. The Morgan fingerprint density at radius 3 is 1.31 bits per heavy atom. The van der Waals surface area contributed by atoms with Crippen molar-refractivity contribution in [3.8, 4) is 0 Å². The second-order valence-corrected chi connectivity index (χ2v) is 17.8. The summed E-state index contributed by atoms with van der Waals surface area (Å²) >= 11 is 0. The van der Waals surface area contributed by atoms with Crippen LogP contribution in [0.25, 0.3) is 0 Å². The molecule has 0 aliphatic heterocycles. The van der Waals surface area contributed by atoms with E-state index >= 15 is 0 Å². The van der Waals surface area contributed by atoms with Gasteiger partial charge in [0.15, 0.2) is 6.10 Å². The van der Waals surface area contributed by atoms with E-state index in [2.05, 4.69) is 67.0 Å². The number of carbonyl (C=O) groups is 2. The molecule has 0 aromatic carbocycles. The van der Waals surface area contributed by atoms with E-state index < -0.39 is 26.5 Å². The zero-order valence-electron chi connectivity index (χ0n) is 38.4. The molecule has 0 saturated carbocycles. The van der Waals surface area contributed by atoms with Gasteiger partial charge in [-0.25, -0.2) is 4.57 Å². The Morgan fingerprint density at radius 1 is 0.492 bits per heavy atom. The summed E-state index contributed by atoms with van der Waals surface area (Å²) in [5, 5.41) is 0. The van der Waals surface area contributed by atoms with Crippen LogP contribution in [0.15, 0.2) is 48.6 Å². The van der Waals surface area contributed by atoms with E-state index in [0.29, 0.717) is 6.42 Å². The molecule has 0 aromatic rings. The normalized spacial score (nSPS) is 13.6. The van der Waals surface area contributed by atoms with Crippen LogP contribution in [0.4, 0.5) is 0 Å². The zero-order valence-corrected chi connectivity index (χ0v) is 39.3. The molecule has 2 atom stereocenters. The highest BCUT2D eigenvalue weighted by atomic mass is 31.2. The summed E-state index contributed by atoms with van der Waals surface area (Å²) in [6, 6.07) is 0. The van der Waals surface area contributed by atoms with Gasteiger partial charge in [0, 0.05) is 20.0 Å². The van der Waals surface area contributed by atoms with Crippen molar-refractivity contribution in [2.45, 2.75) is 238 Å². The van der Waals surface area contributed by atoms with Gasteiger partial charge in [-0.1, -0.05) is 197 Å². The monoisotopic (exact) mass is 851 g/mol. The number of hydrogen-bond donors (Lipinski definition) is 1. The minimum atomic E-state index is -4.27. The first-order valence-corrected chi connectivity index (χ1v) is 25.8. The van der Waals surface area contributed by atoms with Gasteiger partial charge in [-0.15, -0.1) is 0 Å². The molecule has 8 nitrogen and oxygen atoms in total. The van der Waals surface area contributed by atoms with Crippen LogP contribution in [0.1, 0.15) is 232 Å². The number of hydrogen-bond acceptors (Lipinski definition) is 7. The Hall–Kier alpha value is -1.99. The zero-order chi connectivity index (χ0) is 43.2. The topological polar surface area (TPSA) is 108 Å². The van der Waals surface area contributed by atoms with Crippen molar-refractivity contribution in [2.75, 3.05) is 20.3 Å². The van der Waals surface area contributed by atoms with Gasteiger partial charge < -0.3 is 14.4 Å².